The summed E-state index contributed by atoms with van der Waals surface area (Å²) in [6.07, 6.45) is -3.74. The van der Waals surface area contributed by atoms with Crippen molar-refractivity contribution in [3.8, 4) is 16.9 Å². The van der Waals surface area contributed by atoms with Crippen molar-refractivity contribution in [2.24, 2.45) is 5.10 Å². The van der Waals surface area contributed by atoms with Crippen LogP contribution in [-0.4, -0.2) is 21.0 Å². The normalized spacial score (nSPS) is 15.1. The van der Waals surface area contributed by atoms with E-state index in [1.54, 1.807) is 48.5 Å². The molecule has 0 aliphatic carbocycles. The highest BCUT2D eigenvalue weighted by atomic mass is 19.4. The van der Waals surface area contributed by atoms with E-state index in [4.69, 9.17) is 0 Å². The number of fused-ring (bicyclic) bond motifs is 1. The van der Waals surface area contributed by atoms with Crippen molar-refractivity contribution in [1.82, 2.24) is 15.2 Å². The van der Waals surface area contributed by atoms with Gasteiger partial charge in [-0.2, -0.15) is 23.4 Å². The third kappa shape index (κ3) is 4.21. The second-order valence-electron chi connectivity index (χ2n) is 9.03. The Morgan fingerprint density at radius 2 is 1.53 bits per heavy atom. The van der Waals surface area contributed by atoms with E-state index in [9.17, 15) is 13.2 Å². The van der Waals surface area contributed by atoms with E-state index >= 15 is 0 Å². The highest BCUT2D eigenvalue weighted by Gasteiger charge is 2.36. The lowest BCUT2D eigenvalue weighted by atomic mass is 9.90. The molecule has 34 heavy (non-hydrogen) atoms. The van der Waals surface area contributed by atoms with E-state index in [1.165, 1.54) is 5.56 Å². The Kier molecular flexibility index (Phi) is 5.27. The lowest BCUT2D eigenvalue weighted by molar-refractivity contribution is -0.142. The zero-order valence-corrected chi connectivity index (χ0v) is 18.8. The van der Waals surface area contributed by atoms with E-state index in [1.807, 2.05) is 24.3 Å². The second kappa shape index (κ2) is 8.17. The molecule has 7 heteroatoms. The summed E-state index contributed by atoms with van der Waals surface area (Å²) in [5, 5.41) is 8.94. The van der Waals surface area contributed by atoms with Crippen LogP contribution in [0.3, 0.4) is 0 Å². The highest BCUT2D eigenvalue weighted by molar-refractivity contribution is 6.13. The molecule has 2 heterocycles. The topological polar surface area (TPSA) is 42.2 Å². The fourth-order valence-electron chi connectivity index (χ4n) is 4.20. The summed E-state index contributed by atoms with van der Waals surface area (Å²) in [7, 11) is 0. The second-order valence-corrected chi connectivity index (χ2v) is 9.03. The predicted octanol–water partition coefficient (Wildman–Crippen LogP) is 6.23. The molecule has 0 unspecified atom stereocenters. The lowest BCUT2D eigenvalue weighted by Crippen LogP contribution is -2.37. The third-order valence-corrected chi connectivity index (χ3v) is 5.83. The quantitative estimate of drug-likeness (QED) is 0.394. The number of hydrazone groups is 1. The molecular weight excluding hydrogens is 437 g/mol. The van der Waals surface area contributed by atoms with Crippen LogP contribution in [0.25, 0.3) is 16.9 Å². The molecule has 0 saturated carbocycles. The van der Waals surface area contributed by atoms with E-state index < -0.39 is 11.9 Å². The number of rotatable bonds is 3. The molecule has 3 aromatic carbocycles. The largest absolute Gasteiger partial charge is 0.433 e. The van der Waals surface area contributed by atoms with Gasteiger partial charge in [0, 0.05) is 16.7 Å². The fraction of sp³-hybridized carbons (Fsp3) is 0.185. The van der Waals surface area contributed by atoms with Crippen LogP contribution in [0, 0.1) is 0 Å². The van der Waals surface area contributed by atoms with Crippen LogP contribution in [0.1, 0.15) is 36.2 Å². The number of nitrogens with zero attached hydrogens (tertiary/aromatic N) is 3. The Hall–Kier alpha value is -3.87. The fourth-order valence-corrected chi connectivity index (χ4v) is 4.20. The summed E-state index contributed by atoms with van der Waals surface area (Å²) < 4.78 is 42.4. The summed E-state index contributed by atoms with van der Waals surface area (Å²) in [5.74, 6) is 0. The van der Waals surface area contributed by atoms with Crippen LogP contribution in [0.2, 0.25) is 0 Å². The molecule has 0 spiro atoms. The summed E-state index contributed by atoms with van der Waals surface area (Å²) in [6, 6.07) is 24.9. The highest BCUT2D eigenvalue weighted by Crippen LogP contribution is 2.34. The molecule has 0 bridgehead atoms. The Balaban J connectivity index is 1.56. The lowest BCUT2D eigenvalue weighted by Gasteiger charge is -2.22. The smallest absolute Gasteiger partial charge is 0.304 e. The van der Waals surface area contributed by atoms with Gasteiger partial charge in [0.1, 0.15) is 5.69 Å². The monoisotopic (exact) mass is 460 g/mol. The predicted molar refractivity (Wildman–Crippen MR) is 127 cm³/mol. The van der Waals surface area contributed by atoms with Gasteiger partial charge >= 0.3 is 6.18 Å². The van der Waals surface area contributed by atoms with Crippen molar-refractivity contribution in [2.75, 3.05) is 0 Å². The number of nitrogens with one attached hydrogen (secondary N) is 1. The van der Waals surface area contributed by atoms with Crippen LogP contribution >= 0.6 is 0 Å². The molecule has 5 rings (SSSR count). The maximum absolute atomic E-state index is 13.8. The zero-order chi connectivity index (χ0) is 23.9. The van der Waals surface area contributed by atoms with Gasteiger partial charge in [0.25, 0.3) is 0 Å². The van der Waals surface area contributed by atoms with Crippen molar-refractivity contribution < 1.29 is 13.2 Å². The van der Waals surface area contributed by atoms with Crippen molar-refractivity contribution in [1.29, 1.82) is 0 Å². The molecule has 1 N–H and O–H groups in total. The molecule has 0 saturated heterocycles. The Morgan fingerprint density at radius 3 is 2.24 bits per heavy atom. The van der Waals surface area contributed by atoms with Crippen molar-refractivity contribution in [3.63, 3.8) is 0 Å². The number of benzene rings is 3. The van der Waals surface area contributed by atoms with Gasteiger partial charge in [-0.1, -0.05) is 66.7 Å². The minimum Gasteiger partial charge on any atom is -0.304 e. The molecule has 0 fully saturated rings. The van der Waals surface area contributed by atoms with Crippen LogP contribution in [0.15, 0.2) is 90.0 Å². The summed E-state index contributed by atoms with van der Waals surface area (Å²) in [4.78, 5) is 0. The van der Waals surface area contributed by atoms with Gasteiger partial charge in [0.2, 0.25) is 0 Å². The molecule has 1 aliphatic heterocycles. The van der Waals surface area contributed by atoms with Crippen LogP contribution < -0.4 is 5.43 Å². The first-order chi connectivity index (χ1) is 16.2. The molecule has 4 aromatic rings. The van der Waals surface area contributed by atoms with E-state index in [2.05, 4.69) is 35.5 Å². The summed E-state index contributed by atoms with van der Waals surface area (Å²) in [6.45, 7) is 4.17. The molecular formula is C27H23F3N4. The van der Waals surface area contributed by atoms with Crippen molar-refractivity contribution >= 4 is 5.71 Å². The molecule has 0 radical (unpaired) electrons. The minimum atomic E-state index is -4.54. The molecule has 4 nitrogen and oxygen atoms in total. The summed E-state index contributed by atoms with van der Waals surface area (Å²) in [5.41, 5.74) is 7.16. The van der Waals surface area contributed by atoms with Gasteiger partial charge in [0.15, 0.2) is 0 Å². The van der Waals surface area contributed by atoms with Gasteiger partial charge < -0.3 is 5.43 Å². The minimum absolute atomic E-state index is 0.220. The third-order valence-electron chi connectivity index (χ3n) is 5.83. The number of aromatic nitrogens is 2. The zero-order valence-electron chi connectivity index (χ0n) is 18.8. The van der Waals surface area contributed by atoms with E-state index in [0.717, 1.165) is 34.0 Å². The number of hydrogen-bond acceptors (Lipinski definition) is 3. The van der Waals surface area contributed by atoms with Crippen LogP contribution in [-0.2, 0) is 12.6 Å². The van der Waals surface area contributed by atoms with Gasteiger partial charge in [-0.3, -0.25) is 0 Å². The standard InChI is InChI=1S/C27H23F3N4/c1-26(2)17-20-10-6-7-11-22(20)25(31-33-26)19-12-14-21(15-13-19)34-24(27(28,29)30)16-23(32-34)18-8-4-3-5-9-18/h3-16,33H,17H2,1-2H3. The average Bonchev–Trinajstić information content (AvgIpc) is 3.22. The van der Waals surface area contributed by atoms with Gasteiger partial charge in [-0.15, -0.1) is 0 Å². The first-order valence-corrected chi connectivity index (χ1v) is 11.0. The van der Waals surface area contributed by atoms with E-state index in [0.29, 0.717) is 11.3 Å². The van der Waals surface area contributed by atoms with E-state index in [-0.39, 0.29) is 11.2 Å². The van der Waals surface area contributed by atoms with Crippen molar-refractivity contribution in [3.05, 3.63) is 107 Å². The SMILES string of the molecule is CC1(C)Cc2ccccc2C(c2ccc(-n3nc(-c4ccccc4)cc3C(F)(F)F)cc2)=NN1. The Morgan fingerprint density at radius 1 is 0.853 bits per heavy atom. The van der Waals surface area contributed by atoms with Crippen LogP contribution in [0.5, 0.6) is 0 Å². The molecule has 0 atom stereocenters. The Labute approximate surface area is 195 Å². The summed E-state index contributed by atoms with van der Waals surface area (Å²) >= 11 is 0. The van der Waals surface area contributed by atoms with Crippen LogP contribution in [0.4, 0.5) is 13.2 Å². The molecule has 1 aromatic heterocycles. The first-order valence-electron chi connectivity index (χ1n) is 11.0. The maximum Gasteiger partial charge on any atom is 0.433 e. The van der Waals surface area contributed by atoms with Gasteiger partial charge in [-0.25, -0.2) is 4.68 Å². The first kappa shape index (κ1) is 21.9. The van der Waals surface area contributed by atoms with Gasteiger partial charge in [-0.05, 0) is 44.0 Å². The molecule has 172 valence electrons. The number of hydrogen-bond donors (Lipinski definition) is 1. The molecule has 0 amide bonds. The van der Waals surface area contributed by atoms with Crippen molar-refractivity contribution in [2.45, 2.75) is 32.0 Å². The maximum atomic E-state index is 13.8. The number of alkyl halides is 3. The molecule has 1 aliphatic rings. The number of halogens is 3. The average molecular weight is 461 g/mol. The Bertz CT molecular complexity index is 1350. The van der Waals surface area contributed by atoms with Gasteiger partial charge in [0.05, 0.1) is 22.6 Å².